The number of aromatic nitrogens is 3. The maximum atomic E-state index is 11.7. The van der Waals surface area contributed by atoms with Gasteiger partial charge in [0.15, 0.2) is 0 Å². The number of carbonyl (C=O) groups is 1. The number of nitrogens with one attached hydrogen (secondary N) is 2. The highest BCUT2D eigenvalue weighted by atomic mass is 16.2. The molecule has 0 saturated heterocycles. The van der Waals surface area contributed by atoms with Crippen LogP contribution in [0, 0.1) is 0 Å². The van der Waals surface area contributed by atoms with E-state index in [-0.39, 0.29) is 18.0 Å². The molecule has 6 nitrogen and oxygen atoms in total. The van der Waals surface area contributed by atoms with Gasteiger partial charge in [-0.3, -0.25) is 4.79 Å². The Morgan fingerprint density at radius 3 is 2.82 bits per heavy atom. The minimum Gasteiger partial charge on any atom is -0.350 e. The molecule has 0 bridgehead atoms. The van der Waals surface area contributed by atoms with Crippen LogP contribution in [0.1, 0.15) is 32.9 Å². The van der Waals surface area contributed by atoms with Crippen molar-refractivity contribution < 1.29 is 4.79 Å². The molecule has 1 aromatic heterocycles. The molecule has 0 fully saturated rings. The van der Waals surface area contributed by atoms with Crippen molar-refractivity contribution in [3.8, 4) is 0 Å². The SMILES string of the molecule is CCC(C)(C)NC(=O)Cn1cc(CNC)nn1. The first kappa shape index (κ1) is 13.6. The minimum atomic E-state index is -0.175. The van der Waals surface area contributed by atoms with Gasteiger partial charge in [0.25, 0.3) is 0 Å². The highest BCUT2D eigenvalue weighted by molar-refractivity contribution is 5.76. The molecular weight excluding hydrogens is 218 g/mol. The Bertz CT molecular complexity index is 372. The van der Waals surface area contributed by atoms with Crippen molar-refractivity contribution in [2.45, 2.75) is 45.8 Å². The lowest BCUT2D eigenvalue weighted by molar-refractivity contribution is -0.123. The molecule has 6 heteroatoms. The molecule has 0 saturated carbocycles. The number of rotatable bonds is 6. The zero-order chi connectivity index (χ0) is 12.9. The summed E-state index contributed by atoms with van der Waals surface area (Å²) in [5.41, 5.74) is 0.654. The standard InChI is InChI=1S/C11H21N5O/c1-5-11(2,3)13-10(17)8-16-7-9(6-12-4)14-15-16/h7,12H,5-6,8H2,1-4H3,(H,13,17). The molecule has 1 heterocycles. The molecule has 96 valence electrons. The first-order chi connectivity index (χ1) is 7.96. The van der Waals surface area contributed by atoms with E-state index in [1.165, 1.54) is 0 Å². The molecule has 1 amide bonds. The zero-order valence-electron chi connectivity index (χ0n) is 10.9. The average Bonchev–Trinajstić information content (AvgIpc) is 2.65. The maximum absolute atomic E-state index is 11.7. The Balaban J connectivity index is 2.50. The smallest absolute Gasteiger partial charge is 0.242 e. The molecule has 0 unspecified atom stereocenters. The van der Waals surface area contributed by atoms with E-state index in [1.807, 2.05) is 27.8 Å². The fourth-order valence-corrected chi connectivity index (χ4v) is 1.33. The molecule has 1 rings (SSSR count). The summed E-state index contributed by atoms with van der Waals surface area (Å²) in [4.78, 5) is 11.7. The van der Waals surface area contributed by atoms with Gasteiger partial charge in [-0.05, 0) is 27.3 Å². The van der Waals surface area contributed by atoms with Gasteiger partial charge in [0.1, 0.15) is 6.54 Å². The van der Waals surface area contributed by atoms with Gasteiger partial charge in [0, 0.05) is 12.1 Å². The predicted molar refractivity (Wildman–Crippen MR) is 65.3 cm³/mol. The normalized spacial score (nSPS) is 11.5. The van der Waals surface area contributed by atoms with Crippen molar-refractivity contribution in [1.82, 2.24) is 25.6 Å². The van der Waals surface area contributed by atoms with E-state index >= 15 is 0 Å². The summed E-state index contributed by atoms with van der Waals surface area (Å²) >= 11 is 0. The van der Waals surface area contributed by atoms with E-state index < -0.39 is 0 Å². The van der Waals surface area contributed by atoms with Gasteiger partial charge in [-0.25, -0.2) is 4.68 Å². The third kappa shape index (κ3) is 4.52. The molecule has 0 aliphatic rings. The largest absolute Gasteiger partial charge is 0.350 e. The van der Waals surface area contributed by atoms with Crippen molar-refractivity contribution in [2.75, 3.05) is 7.05 Å². The Hall–Kier alpha value is -1.43. The fraction of sp³-hybridized carbons (Fsp3) is 0.727. The third-order valence-corrected chi connectivity index (χ3v) is 2.61. The lowest BCUT2D eigenvalue weighted by Gasteiger charge is -2.24. The first-order valence-corrected chi connectivity index (χ1v) is 5.81. The van der Waals surface area contributed by atoms with Gasteiger partial charge >= 0.3 is 0 Å². The molecule has 0 spiro atoms. The van der Waals surface area contributed by atoms with Gasteiger partial charge < -0.3 is 10.6 Å². The van der Waals surface area contributed by atoms with Crippen LogP contribution in [-0.4, -0.2) is 33.5 Å². The number of hydrogen-bond donors (Lipinski definition) is 2. The summed E-state index contributed by atoms with van der Waals surface area (Å²) in [6.07, 6.45) is 2.66. The first-order valence-electron chi connectivity index (χ1n) is 5.81. The molecule has 17 heavy (non-hydrogen) atoms. The van der Waals surface area contributed by atoms with E-state index in [9.17, 15) is 4.79 Å². The second-order valence-corrected chi connectivity index (χ2v) is 4.72. The monoisotopic (exact) mass is 239 g/mol. The second kappa shape index (κ2) is 5.77. The molecule has 0 radical (unpaired) electrons. The maximum Gasteiger partial charge on any atom is 0.242 e. The van der Waals surface area contributed by atoms with Crippen LogP contribution in [0.4, 0.5) is 0 Å². The molecule has 0 aliphatic heterocycles. The van der Waals surface area contributed by atoms with Crippen molar-refractivity contribution >= 4 is 5.91 Å². The molecule has 0 aliphatic carbocycles. The summed E-state index contributed by atoms with van der Waals surface area (Å²) in [5.74, 6) is -0.0437. The quantitative estimate of drug-likeness (QED) is 0.749. The van der Waals surface area contributed by atoms with Crippen molar-refractivity contribution in [3.05, 3.63) is 11.9 Å². The van der Waals surface area contributed by atoms with Crippen LogP contribution < -0.4 is 10.6 Å². The van der Waals surface area contributed by atoms with Crippen LogP contribution in [0.3, 0.4) is 0 Å². The van der Waals surface area contributed by atoms with Crippen molar-refractivity contribution in [2.24, 2.45) is 0 Å². The van der Waals surface area contributed by atoms with Crippen LogP contribution in [0.2, 0.25) is 0 Å². The van der Waals surface area contributed by atoms with Crippen LogP contribution in [0.15, 0.2) is 6.20 Å². The Morgan fingerprint density at radius 1 is 1.53 bits per heavy atom. The van der Waals surface area contributed by atoms with Crippen LogP contribution in [0.25, 0.3) is 0 Å². The van der Waals surface area contributed by atoms with Gasteiger partial charge in [0.2, 0.25) is 5.91 Å². The lowest BCUT2D eigenvalue weighted by Crippen LogP contribution is -2.44. The lowest BCUT2D eigenvalue weighted by atomic mass is 10.0. The van der Waals surface area contributed by atoms with E-state index in [0.717, 1.165) is 12.1 Å². The van der Waals surface area contributed by atoms with Crippen LogP contribution in [-0.2, 0) is 17.9 Å². The van der Waals surface area contributed by atoms with Crippen molar-refractivity contribution in [1.29, 1.82) is 0 Å². The van der Waals surface area contributed by atoms with E-state index in [4.69, 9.17) is 0 Å². The van der Waals surface area contributed by atoms with Gasteiger partial charge in [0.05, 0.1) is 11.9 Å². The summed E-state index contributed by atoms with van der Waals surface area (Å²) in [6.45, 7) is 6.90. The highest BCUT2D eigenvalue weighted by Crippen LogP contribution is 2.06. The third-order valence-electron chi connectivity index (χ3n) is 2.61. The molecule has 2 N–H and O–H groups in total. The summed E-state index contributed by atoms with van der Waals surface area (Å²) < 4.78 is 1.55. The van der Waals surface area contributed by atoms with Crippen LogP contribution >= 0.6 is 0 Å². The van der Waals surface area contributed by atoms with E-state index in [1.54, 1.807) is 10.9 Å². The second-order valence-electron chi connectivity index (χ2n) is 4.72. The minimum absolute atomic E-state index is 0.0437. The molecule has 0 aromatic carbocycles. The number of carbonyl (C=O) groups excluding carboxylic acids is 1. The predicted octanol–water partition coefficient (Wildman–Crippen LogP) is 0.302. The molecule has 1 aromatic rings. The zero-order valence-corrected chi connectivity index (χ0v) is 10.9. The topological polar surface area (TPSA) is 71.8 Å². The summed E-state index contributed by atoms with van der Waals surface area (Å²) in [6, 6.07) is 0. The van der Waals surface area contributed by atoms with Gasteiger partial charge in [-0.15, -0.1) is 5.10 Å². The number of hydrogen-bond acceptors (Lipinski definition) is 4. The van der Waals surface area contributed by atoms with E-state index in [2.05, 4.69) is 20.9 Å². The number of amides is 1. The Labute approximate surface area is 102 Å². The Kier molecular flexibility index (Phi) is 4.62. The highest BCUT2D eigenvalue weighted by Gasteiger charge is 2.18. The van der Waals surface area contributed by atoms with Crippen molar-refractivity contribution in [3.63, 3.8) is 0 Å². The Morgan fingerprint density at radius 2 is 2.24 bits per heavy atom. The molecular formula is C11H21N5O. The van der Waals surface area contributed by atoms with Gasteiger partial charge in [-0.1, -0.05) is 12.1 Å². The molecule has 0 atom stereocenters. The van der Waals surface area contributed by atoms with Crippen LogP contribution in [0.5, 0.6) is 0 Å². The fourth-order valence-electron chi connectivity index (χ4n) is 1.33. The van der Waals surface area contributed by atoms with E-state index in [0.29, 0.717) is 6.54 Å². The summed E-state index contributed by atoms with van der Waals surface area (Å²) in [7, 11) is 1.84. The number of nitrogens with zero attached hydrogens (tertiary/aromatic N) is 3. The van der Waals surface area contributed by atoms with Gasteiger partial charge in [-0.2, -0.15) is 0 Å². The summed E-state index contributed by atoms with van der Waals surface area (Å²) in [5, 5.41) is 13.8. The average molecular weight is 239 g/mol.